The van der Waals surface area contributed by atoms with E-state index < -0.39 is 5.82 Å². The highest BCUT2D eigenvalue weighted by molar-refractivity contribution is 7.80. The summed E-state index contributed by atoms with van der Waals surface area (Å²) in [5, 5.41) is 2.86. The lowest BCUT2D eigenvalue weighted by molar-refractivity contribution is 0.0942. The summed E-state index contributed by atoms with van der Waals surface area (Å²) in [4.78, 5) is 11.8. The van der Waals surface area contributed by atoms with Crippen LogP contribution in [-0.2, 0) is 0 Å². The Bertz CT molecular complexity index is 690. The minimum absolute atomic E-state index is 0.0270. The normalized spacial score (nSPS) is 10.0. The van der Waals surface area contributed by atoms with Gasteiger partial charge in [-0.1, -0.05) is 11.6 Å². The zero-order valence-corrected chi connectivity index (χ0v) is 12.4. The van der Waals surface area contributed by atoms with E-state index in [1.54, 1.807) is 13.0 Å². The van der Waals surface area contributed by atoms with E-state index in [0.717, 1.165) is 0 Å². The zero-order chi connectivity index (χ0) is 15.4. The highest BCUT2D eigenvalue weighted by atomic mass is 35.5. The number of halogens is 2. The first-order valence-corrected chi connectivity index (χ1v) is 6.62. The number of carbonyl (C=O) groups is 1. The Kier molecular flexibility index (Phi) is 4.77. The molecule has 1 heterocycles. The summed E-state index contributed by atoms with van der Waals surface area (Å²) in [6.07, 6.45) is 1.42. The lowest BCUT2D eigenvalue weighted by Crippen LogP contribution is -2.43. The molecular weight excluding hydrogens is 317 g/mol. The molecule has 1 aromatic carbocycles. The fourth-order valence-electron chi connectivity index (χ4n) is 1.54. The first-order chi connectivity index (χ1) is 9.97. The lowest BCUT2D eigenvalue weighted by atomic mass is 10.2. The molecule has 1 aromatic heterocycles. The van der Waals surface area contributed by atoms with Crippen molar-refractivity contribution in [1.29, 1.82) is 0 Å². The van der Waals surface area contributed by atoms with Gasteiger partial charge in [0.25, 0.3) is 5.91 Å². The summed E-state index contributed by atoms with van der Waals surface area (Å²) in [6.45, 7) is 1.67. The monoisotopic (exact) mass is 327 g/mol. The van der Waals surface area contributed by atoms with E-state index in [0.29, 0.717) is 17.0 Å². The van der Waals surface area contributed by atoms with Crippen LogP contribution >= 0.6 is 23.8 Å². The first-order valence-electron chi connectivity index (χ1n) is 5.84. The number of carbonyl (C=O) groups excluding carboxylic acids is 1. The standard InChI is InChI=1S/C13H11ClFN3O2S/c1-7-9(4-5-20-7)12(19)17-18-13(21)16-8-2-3-11(15)10(14)6-8/h2-6H,1H3,(H,17,19)(H2,16,18,21). The van der Waals surface area contributed by atoms with Crippen LogP contribution < -0.4 is 16.2 Å². The third-order valence-electron chi connectivity index (χ3n) is 2.57. The molecule has 110 valence electrons. The minimum Gasteiger partial charge on any atom is -0.469 e. The van der Waals surface area contributed by atoms with Crippen molar-refractivity contribution < 1.29 is 13.6 Å². The molecule has 0 saturated heterocycles. The summed E-state index contributed by atoms with van der Waals surface area (Å²) in [7, 11) is 0. The number of thiocarbonyl (C=S) groups is 1. The van der Waals surface area contributed by atoms with Gasteiger partial charge in [-0.2, -0.15) is 0 Å². The molecule has 5 nitrogen and oxygen atoms in total. The third kappa shape index (κ3) is 3.93. The molecule has 0 saturated carbocycles. The van der Waals surface area contributed by atoms with Gasteiger partial charge in [0.05, 0.1) is 16.8 Å². The van der Waals surface area contributed by atoms with Crippen LogP contribution in [0.25, 0.3) is 0 Å². The smallest absolute Gasteiger partial charge is 0.273 e. The number of benzene rings is 1. The van der Waals surface area contributed by atoms with Gasteiger partial charge in [-0.3, -0.25) is 15.6 Å². The molecule has 0 atom stereocenters. The van der Waals surface area contributed by atoms with Gasteiger partial charge in [-0.25, -0.2) is 4.39 Å². The quantitative estimate of drug-likeness (QED) is 0.584. The predicted molar refractivity (Wildman–Crippen MR) is 81.7 cm³/mol. The number of hydrogen-bond acceptors (Lipinski definition) is 3. The van der Waals surface area contributed by atoms with Crippen molar-refractivity contribution in [1.82, 2.24) is 10.9 Å². The highest BCUT2D eigenvalue weighted by Crippen LogP contribution is 2.19. The van der Waals surface area contributed by atoms with Crippen LogP contribution in [0.4, 0.5) is 10.1 Å². The average molecular weight is 328 g/mol. The minimum atomic E-state index is -0.523. The van der Waals surface area contributed by atoms with Gasteiger partial charge in [-0.15, -0.1) is 0 Å². The van der Waals surface area contributed by atoms with Crippen molar-refractivity contribution in [2.45, 2.75) is 6.92 Å². The van der Waals surface area contributed by atoms with E-state index in [9.17, 15) is 9.18 Å². The van der Waals surface area contributed by atoms with Gasteiger partial charge in [0.15, 0.2) is 5.11 Å². The molecule has 0 fully saturated rings. The van der Waals surface area contributed by atoms with Gasteiger partial charge in [0.1, 0.15) is 11.6 Å². The topological polar surface area (TPSA) is 66.3 Å². The largest absolute Gasteiger partial charge is 0.469 e. The molecule has 0 aliphatic carbocycles. The Morgan fingerprint density at radius 1 is 1.33 bits per heavy atom. The van der Waals surface area contributed by atoms with E-state index in [1.165, 1.54) is 24.5 Å². The number of hydrogen-bond donors (Lipinski definition) is 3. The van der Waals surface area contributed by atoms with Gasteiger partial charge < -0.3 is 9.73 Å². The van der Waals surface area contributed by atoms with E-state index in [-0.39, 0.29) is 16.0 Å². The number of nitrogens with one attached hydrogen (secondary N) is 3. The maximum atomic E-state index is 13.0. The molecule has 0 spiro atoms. The molecular formula is C13H11ClFN3O2S. The molecule has 0 unspecified atom stereocenters. The fraction of sp³-hybridized carbons (Fsp3) is 0.0769. The van der Waals surface area contributed by atoms with Gasteiger partial charge in [-0.05, 0) is 43.4 Å². The Hall–Kier alpha value is -2.12. The Morgan fingerprint density at radius 2 is 2.10 bits per heavy atom. The third-order valence-corrected chi connectivity index (χ3v) is 3.06. The van der Waals surface area contributed by atoms with E-state index in [4.69, 9.17) is 28.2 Å². The molecule has 0 aliphatic rings. The van der Waals surface area contributed by atoms with Gasteiger partial charge in [0, 0.05) is 5.69 Å². The Morgan fingerprint density at radius 3 is 2.71 bits per heavy atom. The molecule has 2 rings (SSSR count). The van der Waals surface area contributed by atoms with Crippen LogP contribution in [0.5, 0.6) is 0 Å². The second-order valence-electron chi connectivity index (χ2n) is 4.05. The predicted octanol–water partition coefficient (Wildman–Crippen LogP) is 3.01. The number of rotatable bonds is 2. The van der Waals surface area contributed by atoms with Crippen molar-refractivity contribution in [3.05, 3.63) is 52.7 Å². The molecule has 1 amide bonds. The van der Waals surface area contributed by atoms with Crippen molar-refractivity contribution in [2.24, 2.45) is 0 Å². The number of hydrazine groups is 1. The van der Waals surface area contributed by atoms with Crippen LogP contribution in [0.1, 0.15) is 16.1 Å². The highest BCUT2D eigenvalue weighted by Gasteiger charge is 2.11. The molecule has 21 heavy (non-hydrogen) atoms. The Balaban J connectivity index is 1.89. The molecule has 0 aliphatic heterocycles. The van der Waals surface area contributed by atoms with Crippen molar-refractivity contribution >= 4 is 40.5 Å². The second kappa shape index (κ2) is 6.55. The van der Waals surface area contributed by atoms with Crippen molar-refractivity contribution in [3.63, 3.8) is 0 Å². The number of anilines is 1. The zero-order valence-electron chi connectivity index (χ0n) is 10.9. The summed E-state index contributed by atoms with van der Waals surface area (Å²) in [5.41, 5.74) is 5.83. The van der Waals surface area contributed by atoms with Gasteiger partial charge >= 0.3 is 0 Å². The van der Waals surface area contributed by atoms with Crippen LogP contribution in [0.15, 0.2) is 34.9 Å². The van der Waals surface area contributed by atoms with Crippen LogP contribution in [0.2, 0.25) is 5.02 Å². The van der Waals surface area contributed by atoms with E-state index in [2.05, 4.69) is 16.2 Å². The van der Waals surface area contributed by atoms with Crippen molar-refractivity contribution in [3.8, 4) is 0 Å². The summed E-state index contributed by atoms with van der Waals surface area (Å²) < 4.78 is 18.0. The van der Waals surface area contributed by atoms with Crippen LogP contribution in [-0.4, -0.2) is 11.0 Å². The number of furan rings is 1. The van der Waals surface area contributed by atoms with Gasteiger partial charge in [0.2, 0.25) is 0 Å². The molecule has 3 N–H and O–H groups in total. The fourth-order valence-corrected chi connectivity index (χ4v) is 1.89. The molecule has 8 heteroatoms. The summed E-state index contributed by atoms with van der Waals surface area (Å²) in [6, 6.07) is 5.60. The maximum absolute atomic E-state index is 13.0. The second-order valence-corrected chi connectivity index (χ2v) is 4.87. The van der Waals surface area contributed by atoms with Crippen LogP contribution in [0, 0.1) is 12.7 Å². The summed E-state index contributed by atoms with van der Waals surface area (Å²) >= 11 is 10.6. The maximum Gasteiger partial charge on any atom is 0.273 e. The van der Waals surface area contributed by atoms with Crippen molar-refractivity contribution in [2.75, 3.05) is 5.32 Å². The molecule has 0 radical (unpaired) electrons. The number of aryl methyl sites for hydroxylation is 1. The molecule has 0 bridgehead atoms. The Labute approximate surface area is 130 Å². The van der Waals surface area contributed by atoms with E-state index >= 15 is 0 Å². The van der Waals surface area contributed by atoms with Crippen LogP contribution in [0.3, 0.4) is 0 Å². The number of amides is 1. The lowest BCUT2D eigenvalue weighted by Gasteiger charge is -2.11. The summed E-state index contributed by atoms with van der Waals surface area (Å²) in [5.74, 6) is -0.411. The molecule has 2 aromatic rings. The SMILES string of the molecule is Cc1occc1C(=O)NNC(=S)Nc1ccc(F)c(Cl)c1. The average Bonchev–Trinajstić information content (AvgIpc) is 2.86. The first kappa shape index (κ1) is 15.3. The van der Waals surface area contributed by atoms with E-state index in [1.807, 2.05) is 0 Å².